The highest BCUT2D eigenvalue weighted by atomic mass is 16.5. The molecule has 0 aliphatic carbocycles. The highest BCUT2D eigenvalue weighted by Crippen LogP contribution is 2.35. The zero-order valence-corrected chi connectivity index (χ0v) is 10.8. The van der Waals surface area contributed by atoms with Crippen LogP contribution in [0.3, 0.4) is 0 Å². The Balaban J connectivity index is 1.74. The third-order valence-electron chi connectivity index (χ3n) is 4.05. The lowest BCUT2D eigenvalue weighted by Crippen LogP contribution is -2.35. The van der Waals surface area contributed by atoms with Gasteiger partial charge in [-0.1, -0.05) is 17.7 Å². The van der Waals surface area contributed by atoms with E-state index in [1.807, 2.05) is 36.1 Å². The Labute approximate surface area is 108 Å². The van der Waals surface area contributed by atoms with Crippen molar-refractivity contribution in [2.24, 2.45) is 0 Å². The number of carbonyl (C=O) groups is 1. The molecular formula is C15H19NO2. The van der Waals surface area contributed by atoms with Crippen molar-refractivity contribution >= 4 is 5.91 Å². The van der Waals surface area contributed by atoms with Gasteiger partial charge in [0.05, 0.1) is 12.1 Å². The minimum Gasteiger partial charge on any atom is -0.373 e. The molecule has 2 aliphatic heterocycles. The van der Waals surface area contributed by atoms with Gasteiger partial charge in [-0.3, -0.25) is 4.79 Å². The predicted molar refractivity (Wildman–Crippen MR) is 69.6 cm³/mol. The van der Waals surface area contributed by atoms with Crippen molar-refractivity contribution in [1.82, 2.24) is 4.90 Å². The number of amides is 1. The number of hydrogen-bond acceptors (Lipinski definition) is 2. The summed E-state index contributed by atoms with van der Waals surface area (Å²) in [4.78, 5) is 14.4. The van der Waals surface area contributed by atoms with Crippen LogP contribution in [0, 0.1) is 6.92 Å². The number of nitrogens with zero attached hydrogens (tertiary/aromatic N) is 1. The zero-order chi connectivity index (χ0) is 12.6. The maximum atomic E-state index is 12.4. The summed E-state index contributed by atoms with van der Waals surface area (Å²) in [6.07, 6.45) is 3.22. The van der Waals surface area contributed by atoms with Crippen LogP contribution in [0.2, 0.25) is 0 Å². The van der Waals surface area contributed by atoms with Crippen molar-refractivity contribution in [2.75, 3.05) is 19.7 Å². The minimum absolute atomic E-state index is 0.0283. The number of rotatable bonds is 1. The summed E-state index contributed by atoms with van der Waals surface area (Å²) in [6.45, 7) is 4.46. The van der Waals surface area contributed by atoms with Gasteiger partial charge in [0.1, 0.15) is 0 Å². The molecule has 0 saturated carbocycles. The van der Waals surface area contributed by atoms with Crippen LogP contribution in [0.25, 0.3) is 0 Å². The summed E-state index contributed by atoms with van der Waals surface area (Å²) in [5, 5.41) is 0. The lowest BCUT2D eigenvalue weighted by atomic mass is 10.00. The van der Waals surface area contributed by atoms with Gasteiger partial charge in [0.2, 0.25) is 0 Å². The van der Waals surface area contributed by atoms with Gasteiger partial charge in [-0.2, -0.15) is 0 Å². The number of ether oxygens (including phenoxy) is 1. The smallest absolute Gasteiger partial charge is 0.253 e. The molecule has 2 fully saturated rings. The molecular weight excluding hydrogens is 226 g/mol. The highest BCUT2D eigenvalue weighted by molar-refractivity contribution is 5.94. The fourth-order valence-electron chi connectivity index (χ4n) is 3.06. The number of aryl methyl sites for hydroxylation is 1. The standard InChI is InChI=1S/C15H19NO2/c1-12-4-2-5-13(10-12)14(17)16-8-7-15(11-16)6-3-9-18-15/h2,4-5,10H,3,6-9,11H2,1H3/t15-/m1/s1. The van der Waals surface area contributed by atoms with Crippen molar-refractivity contribution in [2.45, 2.75) is 31.8 Å². The molecule has 1 aromatic carbocycles. The van der Waals surface area contributed by atoms with Crippen molar-refractivity contribution in [3.63, 3.8) is 0 Å². The molecule has 0 bridgehead atoms. The van der Waals surface area contributed by atoms with Crippen LogP contribution < -0.4 is 0 Å². The summed E-state index contributed by atoms with van der Waals surface area (Å²) in [5.41, 5.74) is 1.90. The Morgan fingerprint density at radius 1 is 1.39 bits per heavy atom. The summed E-state index contributed by atoms with van der Waals surface area (Å²) < 4.78 is 5.85. The molecule has 2 heterocycles. The van der Waals surface area contributed by atoms with E-state index in [0.29, 0.717) is 0 Å². The second kappa shape index (κ2) is 4.39. The van der Waals surface area contributed by atoms with Crippen molar-refractivity contribution in [1.29, 1.82) is 0 Å². The Morgan fingerprint density at radius 2 is 2.28 bits per heavy atom. The van der Waals surface area contributed by atoms with Gasteiger partial charge in [0.25, 0.3) is 5.91 Å². The summed E-state index contributed by atoms with van der Waals surface area (Å²) in [7, 11) is 0. The first-order valence-corrected chi connectivity index (χ1v) is 6.69. The average Bonchev–Trinajstić information content (AvgIpc) is 3.00. The van der Waals surface area contributed by atoms with E-state index < -0.39 is 0 Å². The summed E-state index contributed by atoms with van der Waals surface area (Å²) >= 11 is 0. The van der Waals surface area contributed by atoms with E-state index >= 15 is 0 Å². The van der Waals surface area contributed by atoms with Crippen molar-refractivity contribution in [3.05, 3.63) is 35.4 Å². The molecule has 96 valence electrons. The van der Waals surface area contributed by atoms with Crippen molar-refractivity contribution in [3.8, 4) is 0 Å². The molecule has 0 radical (unpaired) electrons. The fourth-order valence-corrected chi connectivity index (χ4v) is 3.06. The lowest BCUT2D eigenvalue weighted by molar-refractivity contribution is 0.0127. The first-order valence-electron chi connectivity index (χ1n) is 6.69. The second-order valence-electron chi connectivity index (χ2n) is 5.48. The van der Waals surface area contributed by atoms with Crippen LogP contribution in [-0.2, 0) is 4.74 Å². The number of benzene rings is 1. The second-order valence-corrected chi connectivity index (χ2v) is 5.48. The van der Waals surface area contributed by atoms with E-state index in [0.717, 1.165) is 50.1 Å². The molecule has 3 nitrogen and oxygen atoms in total. The normalized spacial score (nSPS) is 27.1. The molecule has 2 saturated heterocycles. The fraction of sp³-hybridized carbons (Fsp3) is 0.533. The van der Waals surface area contributed by atoms with E-state index in [1.54, 1.807) is 0 Å². The van der Waals surface area contributed by atoms with Crippen LogP contribution in [0.1, 0.15) is 35.2 Å². The number of hydrogen-bond donors (Lipinski definition) is 0. The van der Waals surface area contributed by atoms with Crippen LogP contribution in [0.4, 0.5) is 0 Å². The van der Waals surface area contributed by atoms with Gasteiger partial charge in [0, 0.05) is 18.7 Å². The highest BCUT2D eigenvalue weighted by Gasteiger charge is 2.43. The van der Waals surface area contributed by atoms with E-state index in [2.05, 4.69) is 0 Å². The SMILES string of the molecule is Cc1cccc(C(=O)N2CC[C@]3(CCCO3)C2)c1. The maximum absolute atomic E-state index is 12.4. The molecule has 1 aromatic rings. The lowest BCUT2D eigenvalue weighted by Gasteiger charge is -2.23. The zero-order valence-electron chi connectivity index (χ0n) is 10.8. The number of likely N-dealkylation sites (tertiary alicyclic amines) is 1. The van der Waals surface area contributed by atoms with Crippen LogP contribution >= 0.6 is 0 Å². The quantitative estimate of drug-likeness (QED) is 0.760. The van der Waals surface area contributed by atoms with Gasteiger partial charge >= 0.3 is 0 Å². The van der Waals surface area contributed by atoms with Crippen LogP contribution in [0.5, 0.6) is 0 Å². The largest absolute Gasteiger partial charge is 0.373 e. The average molecular weight is 245 g/mol. The van der Waals surface area contributed by atoms with Gasteiger partial charge < -0.3 is 9.64 Å². The Kier molecular flexibility index (Phi) is 2.86. The molecule has 0 unspecified atom stereocenters. The maximum Gasteiger partial charge on any atom is 0.253 e. The van der Waals surface area contributed by atoms with E-state index in [-0.39, 0.29) is 11.5 Å². The molecule has 1 spiro atoms. The van der Waals surface area contributed by atoms with Crippen molar-refractivity contribution < 1.29 is 9.53 Å². The van der Waals surface area contributed by atoms with Gasteiger partial charge in [-0.15, -0.1) is 0 Å². The molecule has 3 heteroatoms. The summed E-state index contributed by atoms with van der Waals surface area (Å²) in [5.74, 6) is 0.145. The molecule has 18 heavy (non-hydrogen) atoms. The first-order chi connectivity index (χ1) is 8.69. The third-order valence-corrected chi connectivity index (χ3v) is 4.05. The molecule has 0 N–H and O–H groups in total. The Bertz CT molecular complexity index is 463. The Hall–Kier alpha value is -1.35. The third kappa shape index (κ3) is 2.03. The molecule has 2 aliphatic rings. The van der Waals surface area contributed by atoms with Crippen LogP contribution in [-0.4, -0.2) is 36.1 Å². The Morgan fingerprint density at radius 3 is 3.00 bits per heavy atom. The van der Waals surface area contributed by atoms with Gasteiger partial charge in [-0.05, 0) is 38.3 Å². The topological polar surface area (TPSA) is 29.5 Å². The van der Waals surface area contributed by atoms with E-state index in [1.165, 1.54) is 0 Å². The molecule has 0 aromatic heterocycles. The predicted octanol–water partition coefficient (Wildman–Crippen LogP) is 2.39. The monoisotopic (exact) mass is 245 g/mol. The molecule has 1 amide bonds. The van der Waals surface area contributed by atoms with E-state index in [9.17, 15) is 4.79 Å². The summed E-state index contributed by atoms with van der Waals surface area (Å²) in [6, 6.07) is 7.82. The minimum atomic E-state index is -0.0283. The van der Waals surface area contributed by atoms with Crippen LogP contribution in [0.15, 0.2) is 24.3 Å². The molecule has 3 rings (SSSR count). The number of carbonyl (C=O) groups excluding carboxylic acids is 1. The van der Waals surface area contributed by atoms with Gasteiger partial charge in [0.15, 0.2) is 0 Å². The van der Waals surface area contributed by atoms with Gasteiger partial charge in [-0.25, -0.2) is 0 Å². The van der Waals surface area contributed by atoms with E-state index in [4.69, 9.17) is 4.74 Å². The molecule has 1 atom stereocenters. The first kappa shape index (κ1) is 11.7.